The van der Waals surface area contributed by atoms with E-state index in [1.807, 2.05) is 7.05 Å². The molecule has 1 N–H and O–H groups in total. The van der Waals surface area contributed by atoms with Crippen LogP contribution in [0, 0.1) is 5.92 Å². The number of rotatable bonds is 4. The van der Waals surface area contributed by atoms with Crippen molar-refractivity contribution in [3.05, 3.63) is 35.9 Å². The second kappa shape index (κ2) is 7.77. The summed E-state index contributed by atoms with van der Waals surface area (Å²) in [4.78, 5) is 9.78. The van der Waals surface area contributed by atoms with E-state index in [0.717, 1.165) is 31.0 Å². The molecule has 3 atom stereocenters. The molecular weight excluding hydrogens is 308 g/mol. The molecule has 3 unspecified atom stereocenters. The minimum absolute atomic E-state index is 0.605. The van der Waals surface area contributed by atoms with Crippen LogP contribution in [0.3, 0.4) is 0 Å². The maximum Gasteiger partial charge on any atom is 0.193 e. The number of nitrogens with zero attached hydrogens (tertiary/aromatic N) is 3. The highest BCUT2D eigenvalue weighted by Crippen LogP contribution is 2.34. The first-order valence-electron chi connectivity index (χ1n) is 10.1. The van der Waals surface area contributed by atoms with E-state index in [-0.39, 0.29) is 0 Å². The van der Waals surface area contributed by atoms with E-state index in [4.69, 9.17) is 0 Å². The van der Waals surface area contributed by atoms with Crippen molar-refractivity contribution >= 4 is 5.96 Å². The molecule has 25 heavy (non-hydrogen) atoms. The summed E-state index contributed by atoms with van der Waals surface area (Å²) in [6, 6.07) is 12.2. The number of benzene rings is 1. The van der Waals surface area contributed by atoms with Crippen molar-refractivity contribution in [1.82, 2.24) is 15.1 Å². The van der Waals surface area contributed by atoms with Gasteiger partial charge in [0.1, 0.15) is 0 Å². The molecule has 0 bridgehead atoms. The summed E-state index contributed by atoms with van der Waals surface area (Å²) >= 11 is 0. The lowest BCUT2D eigenvalue weighted by Gasteiger charge is -2.32. The Balaban J connectivity index is 1.26. The van der Waals surface area contributed by atoms with Gasteiger partial charge in [0.2, 0.25) is 0 Å². The van der Waals surface area contributed by atoms with Gasteiger partial charge in [-0.1, -0.05) is 36.8 Å². The minimum Gasteiger partial charge on any atom is -0.353 e. The fourth-order valence-electron chi connectivity index (χ4n) is 4.55. The van der Waals surface area contributed by atoms with E-state index in [1.165, 1.54) is 57.2 Å². The number of aliphatic imine (C=N–C) groups is 1. The monoisotopic (exact) mass is 340 g/mol. The third-order valence-corrected chi connectivity index (χ3v) is 6.16. The van der Waals surface area contributed by atoms with Crippen molar-refractivity contribution < 1.29 is 0 Å². The van der Waals surface area contributed by atoms with Crippen molar-refractivity contribution in [2.24, 2.45) is 10.9 Å². The highest BCUT2D eigenvalue weighted by atomic mass is 15.3. The molecule has 1 saturated carbocycles. The van der Waals surface area contributed by atoms with Crippen molar-refractivity contribution in [3.63, 3.8) is 0 Å². The van der Waals surface area contributed by atoms with E-state index in [0.29, 0.717) is 6.04 Å². The van der Waals surface area contributed by atoms with Crippen molar-refractivity contribution in [3.8, 4) is 0 Å². The van der Waals surface area contributed by atoms with Crippen molar-refractivity contribution in [1.29, 1.82) is 0 Å². The van der Waals surface area contributed by atoms with Gasteiger partial charge in [0, 0.05) is 32.2 Å². The van der Waals surface area contributed by atoms with Crippen LogP contribution in [0.5, 0.6) is 0 Å². The molecule has 0 aromatic heterocycles. The number of piperidine rings is 1. The molecule has 3 fully saturated rings. The summed E-state index contributed by atoms with van der Waals surface area (Å²) in [7, 11) is 1.94. The van der Waals surface area contributed by atoms with Gasteiger partial charge in [-0.3, -0.25) is 9.89 Å². The Bertz CT molecular complexity index is 579. The van der Waals surface area contributed by atoms with E-state index in [2.05, 4.69) is 50.4 Å². The molecule has 2 saturated heterocycles. The molecular formula is C21H32N4. The summed E-state index contributed by atoms with van der Waals surface area (Å²) in [5, 5.41) is 3.73. The van der Waals surface area contributed by atoms with Crippen LogP contribution in [0.25, 0.3) is 0 Å². The zero-order chi connectivity index (χ0) is 17.1. The Kier molecular flexibility index (Phi) is 5.25. The van der Waals surface area contributed by atoms with Crippen LogP contribution in [0.2, 0.25) is 0 Å². The average Bonchev–Trinajstić information content (AvgIpc) is 3.19. The standard InChI is InChI=1S/C21H32N4/c1-22-21(23-20-15-18(20)14-17-8-4-2-5-9-17)25-13-10-19(16-25)24-11-6-3-7-12-24/h2,4-5,8-9,18-20H,3,6-7,10-16H2,1H3,(H,22,23). The number of guanidine groups is 1. The number of hydrogen-bond acceptors (Lipinski definition) is 2. The van der Waals surface area contributed by atoms with Crippen LogP contribution in [0.1, 0.15) is 37.7 Å². The van der Waals surface area contributed by atoms with Gasteiger partial charge in [-0.15, -0.1) is 0 Å². The molecule has 1 aliphatic carbocycles. The van der Waals surface area contributed by atoms with Crippen LogP contribution in [-0.2, 0) is 6.42 Å². The second-order valence-electron chi connectivity index (χ2n) is 7.97. The summed E-state index contributed by atoms with van der Waals surface area (Å²) in [6.07, 6.45) is 7.93. The van der Waals surface area contributed by atoms with Crippen LogP contribution < -0.4 is 5.32 Å². The first kappa shape index (κ1) is 16.9. The number of hydrogen-bond donors (Lipinski definition) is 1. The Morgan fingerprint density at radius 3 is 2.68 bits per heavy atom. The minimum atomic E-state index is 0.605. The third kappa shape index (κ3) is 4.17. The van der Waals surface area contributed by atoms with Crippen molar-refractivity contribution in [2.75, 3.05) is 33.2 Å². The molecule has 1 aromatic rings. The fraction of sp³-hybridized carbons (Fsp3) is 0.667. The topological polar surface area (TPSA) is 30.9 Å². The van der Waals surface area contributed by atoms with Gasteiger partial charge in [-0.2, -0.15) is 0 Å². The zero-order valence-corrected chi connectivity index (χ0v) is 15.5. The Labute approximate surface area is 152 Å². The quantitative estimate of drug-likeness (QED) is 0.675. The molecule has 4 heteroatoms. The van der Waals surface area contributed by atoms with Crippen LogP contribution >= 0.6 is 0 Å². The van der Waals surface area contributed by atoms with Gasteiger partial charge < -0.3 is 10.2 Å². The summed E-state index contributed by atoms with van der Waals surface area (Å²) in [6.45, 7) is 4.89. The number of likely N-dealkylation sites (tertiary alicyclic amines) is 2. The molecule has 0 radical (unpaired) electrons. The van der Waals surface area contributed by atoms with E-state index < -0.39 is 0 Å². The highest BCUT2D eigenvalue weighted by molar-refractivity contribution is 5.81. The maximum atomic E-state index is 4.58. The molecule has 0 amide bonds. The van der Waals surface area contributed by atoms with E-state index in [9.17, 15) is 0 Å². The molecule has 2 heterocycles. The van der Waals surface area contributed by atoms with Crippen LogP contribution in [0.4, 0.5) is 0 Å². The van der Waals surface area contributed by atoms with Gasteiger partial charge in [-0.25, -0.2) is 0 Å². The maximum absolute atomic E-state index is 4.58. The lowest BCUT2D eigenvalue weighted by atomic mass is 10.1. The predicted molar refractivity (Wildman–Crippen MR) is 104 cm³/mol. The van der Waals surface area contributed by atoms with E-state index in [1.54, 1.807) is 0 Å². The van der Waals surface area contributed by atoms with Gasteiger partial charge in [0.25, 0.3) is 0 Å². The van der Waals surface area contributed by atoms with Gasteiger partial charge in [-0.05, 0) is 56.7 Å². The third-order valence-electron chi connectivity index (χ3n) is 6.16. The fourth-order valence-corrected chi connectivity index (χ4v) is 4.55. The smallest absolute Gasteiger partial charge is 0.193 e. The Morgan fingerprint density at radius 2 is 1.92 bits per heavy atom. The average molecular weight is 341 g/mol. The Hall–Kier alpha value is -1.55. The largest absolute Gasteiger partial charge is 0.353 e. The summed E-state index contributed by atoms with van der Waals surface area (Å²) in [5.41, 5.74) is 1.46. The van der Waals surface area contributed by atoms with Gasteiger partial charge in [0.05, 0.1) is 0 Å². The van der Waals surface area contributed by atoms with E-state index >= 15 is 0 Å². The zero-order valence-electron chi connectivity index (χ0n) is 15.5. The summed E-state index contributed by atoms with van der Waals surface area (Å²) in [5.74, 6) is 1.89. The van der Waals surface area contributed by atoms with Gasteiger partial charge >= 0.3 is 0 Å². The molecule has 2 aliphatic heterocycles. The molecule has 3 aliphatic rings. The predicted octanol–water partition coefficient (Wildman–Crippen LogP) is 2.75. The molecule has 0 spiro atoms. The molecule has 1 aromatic carbocycles. The van der Waals surface area contributed by atoms with Crippen molar-refractivity contribution in [2.45, 2.75) is 50.6 Å². The lowest BCUT2D eigenvalue weighted by molar-refractivity contribution is 0.168. The number of nitrogens with one attached hydrogen (secondary N) is 1. The second-order valence-corrected chi connectivity index (χ2v) is 7.97. The Morgan fingerprint density at radius 1 is 1.12 bits per heavy atom. The van der Waals surface area contributed by atoms with Gasteiger partial charge in [0.15, 0.2) is 5.96 Å². The molecule has 4 rings (SSSR count). The highest BCUT2D eigenvalue weighted by Gasteiger charge is 2.39. The first-order valence-corrected chi connectivity index (χ1v) is 10.1. The summed E-state index contributed by atoms with van der Waals surface area (Å²) < 4.78 is 0. The first-order chi connectivity index (χ1) is 12.3. The van der Waals surface area contributed by atoms with Crippen LogP contribution in [0.15, 0.2) is 35.3 Å². The van der Waals surface area contributed by atoms with Crippen LogP contribution in [-0.4, -0.2) is 61.1 Å². The SMILES string of the molecule is CN=C(NC1CC1Cc1ccccc1)N1CCC(N2CCCCC2)C1. The molecule has 4 nitrogen and oxygen atoms in total. The normalized spacial score (nSPS) is 30.5. The lowest BCUT2D eigenvalue weighted by Crippen LogP contribution is -2.45. The molecule has 136 valence electrons.